The molecule has 2 saturated heterocycles. The molecule has 0 saturated carbocycles. The molecule has 0 spiro atoms. The van der Waals surface area contributed by atoms with Crippen LogP contribution < -0.4 is 5.32 Å². The summed E-state index contributed by atoms with van der Waals surface area (Å²) in [5.41, 5.74) is -0.915. The van der Waals surface area contributed by atoms with Crippen LogP contribution in [0.4, 0.5) is 0 Å². The molecule has 0 aromatic carbocycles. The number of amides is 3. The molecule has 2 aliphatic heterocycles. The zero-order valence-corrected chi connectivity index (χ0v) is 18.8. The van der Waals surface area contributed by atoms with Crippen molar-refractivity contribution in [2.24, 2.45) is 11.8 Å². The number of rotatable bonds is 13. The first-order valence-electron chi connectivity index (χ1n) is 11.4. The number of nitrogens with zero attached hydrogens (tertiary/aromatic N) is 2. The summed E-state index contributed by atoms with van der Waals surface area (Å²) < 4.78 is 5.25. The SMILES string of the molecule is CCCCC(CC[C@H](C)CC(=O)N1CCC[C@H]1COC)(C1CCNC1=O)N(O)C=O. The molecule has 8 nitrogen and oxygen atoms in total. The van der Waals surface area contributed by atoms with Crippen molar-refractivity contribution in [2.45, 2.75) is 83.2 Å². The minimum Gasteiger partial charge on any atom is -0.383 e. The van der Waals surface area contributed by atoms with E-state index in [0.29, 0.717) is 51.7 Å². The second-order valence-corrected chi connectivity index (χ2v) is 8.98. The van der Waals surface area contributed by atoms with Crippen molar-refractivity contribution in [1.29, 1.82) is 0 Å². The van der Waals surface area contributed by atoms with Crippen molar-refractivity contribution in [3.8, 4) is 0 Å². The smallest absolute Gasteiger partial charge is 0.233 e. The average Bonchev–Trinajstić information content (AvgIpc) is 3.37. The predicted octanol–water partition coefficient (Wildman–Crippen LogP) is 2.34. The van der Waals surface area contributed by atoms with E-state index in [4.69, 9.17) is 4.74 Å². The minimum absolute atomic E-state index is 0.0896. The monoisotopic (exact) mass is 425 g/mol. The first-order valence-corrected chi connectivity index (χ1v) is 11.4. The zero-order valence-electron chi connectivity index (χ0n) is 18.8. The maximum atomic E-state index is 12.8. The van der Waals surface area contributed by atoms with Crippen molar-refractivity contribution >= 4 is 18.2 Å². The lowest BCUT2D eigenvalue weighted by Crippen LogP contribution is -2.54. The number of hydrogen-bond donors (Lipinski definition) is 2. The number of unbranched alkanes of at least 4 members (excludes halogenated alkanes) is 1. The van der Waals surface area contributed by atoms with Crippen LogP contribution in [0, 0.1) is 11.8 Å². The van der Waals surface area contributed by atoms with Crippen LogP contribution in [0.1, 0.15) is 71.6 Å². The van der Waals surface area contributed by atoms with Gasteiger partial charge in [0.25, 0.3) is 0 Å². The fourth-order valence-corrected chi connectivity index (χ4v) is 5.10. The van der Waals surface area contributed by atoms with Crippen LogP contribution in [0.5, 0.6) is 0 Å². The van der Waals surface area contributed by atoms with Crippen LogP contribution in [0.3, 0.4) is 0 Å². The molecule has 2 fully saturated rings. The number of methoxy groups -OCH3 is 1. The molecule has 2 rings (SSSR count). The molecule has 0 bridgehead atoms. The maximum absolute atomic E-state index is 12.8. The number of likely N-dealkylation sites (tertiary alicyclic amines) is 1. The lowest BCUT2D eigenvalue weighted by atomic mass is 9.74. The normalized spacial score (nSPS) is 24.4. The van der Waals surface area contributed by atoms with E-state index >= 15 is 0 Å². The molecule has 8 heteroatoms. The summed E-state index contributed by atoms with van der Waals surface area (Å²) in [6.45, 7) is 5.98. The Hall–Kier alpha value is -1.67. The number of carbonyl (C=O) groups is 3. The van der Waals surface area contributed by atoms with Crippen molar-refractivity contribution in [1.82, 2.24) is 15.3 Å². The molecule has 2 aliphatic rings. The van der Waals surface area contributed by atoms with Crippen LogP contribution >= 0.6 is 0 Å². The molecule has 172 valence electrons. The van der Waals surface area contributed by atoms with E-state index in [9.17, 15) is 19.6 Å². The Morgan fingerprint density at radius 3 is 2.80 bits per heavy atom. The fraction of sp³-hybridized carbons (Fsp3) is 0.864. The highest BCUT2D eigenvalue weighted by Gasteiger charge is 2.48. The van der Waals surface area contributed by atoms with Gasteiger partial charge in [0.05, 0.1) is 24.1 Å². The molecule has 30 heavy (non-hydrogen) atoms. The maximum Gasteiger partial charge on any atom is 0.233 e. The number of hydrogen-bond acceptors (Lipinski definition) is 5. The highest BCUT2D eigenvalue weighted by atomic mass is 16.5. The molecular formula is C22H39N3O5. The number of hydroxylamine groups is 2. The number of carbonyl (C=O) groups excluding carboxylic acids is 3. The second-order valence-electron chi connectivity index (χ2n) is 8.98. The highest BCUT2D eigenvalue weighted by molar-refractivity contribution is 5.82. The van der Waals surface area contributed by atoms with Gasteiger partial charge < -0.3 is 15.0 Å². The summed E-state index contributed by atoms with van der Waals surface area (Å²) in [4.78, 5) is 38.8. The minimum atomic E-state index is -0.915. The van der Waals surface area contributed by atoms with Crippen molar-refractivity contribution in [3.05, 3.63) is 0 Å². The molecule has 2 N–H and O–H groups in total. The van der Waals surface area contributed by atoms with Gasteiger partial charge in [0, 0.05) is 26.6 Å². The standard InChI is InChI=1S/C22H39N3O5/c1-4-5-10-22(25(29)16-26,19-9-12-23-21(19)28)11-8-17(2)14-20(27)24-13-6-7-18(24)15-30-3/h16-19,29H,4-15H2,1-3H3,(H,23,28)/t17-,18-,19?,22?/m0/s1. The third kappa shape index (κ3) is 5.72. The van der Waals surface area contributed by atoms with Gasteiger partial charge in [-0.2, -0.15) is 0 Å². The molecule has 0 aliphatic carbocycles. The van der Waals surface area contributed by atoms with Crippen molar-refractivity contribution in [2.75, 3.05) is 26.8 Å². The van der Waals surface area contributed by atoms with Crippen LogP contribution in [0.2, 0.25) is 0 Å². The van der Waals surface area contributed by atoms with Crippen molar-refractivity contribution in [3.63, 3.8) is 0 Å². The van der Waals surface area contributed by atoms with Gasteiger partial charge >= 0.3 is 0 Å². The molecule has 4 atom stereocenters. The van der Waals surface area contributed by atoms with Gasteiger partial charge in [0.2, 0.25) is 18.2 Å². The first kappa shape index (κ1) is 24.6. The van der Waals surface area contributed by atoms with E-state index in [0.717, 1.165) is 37.3 Å². The summed E-state index contributed by atoms with van der Waals surface area (Å²) >= 11 is 0. The average molecular weight is 426 g/mol. The van der Waals surface area contributed by atoms with Gasteiger partial charge in [-0.05, 0) is 44.4 Å². The Labute approximate surface area is 180 Å². The van der Waals surface area contributed by atoms with E-state index in [1.54, 1.807) is 7.11 Å². The third-order valence-electron chi connectivity index (χ3n) is 6.87. The molecule has 0 aromatic rings. The number of nitrogens with one attached hydrogen (secondary N) is 1. The first-order chi connectivity index (χ1) is 14.4. The van der Waals surface area contributed by atoms with Gasteiger partial charge in [-0.25, -0.2) is 5.06 Å². The molecule has 0 radical (unpaired) electrons. The van der Waals surface area contributed by atoms with E-state index in [-0.39, 0.29) is 23.8 Å². The van der Waals surface area contributed by atoms with Crippen molar-refractivity contribution < 1.29 is 24.3 Å². The summed E-state index contributed by atoms with van der Waals surface area (Å²) in [7, 11) is 1.66. The summed E-state index contributed by atoms with van der Waals surface area (Å²) in [5, 5.41) is 14.1. The topological polar surface area (TPSA) is 99.2 Å². The Kier molecular flexibility index (Phi) is 9.55. The van der Waals surface area contributed by atoms with Gasteiger partial charge in [-0.1, -0.05) is 26.7 Å². The van der Waals surface area contributed by atoms with Crippen LogP contribution in [0.25, 0.3) is 0 Å². The Bertz CT molecular complexity index is 587. The van der Waals surface area contributed by atoms with Crippen LogP contribution in [-0.4, -0.2) is 71.8 Å². The molecular weight excluding hydrogens is 386 g/mol. The van der Waals surface area contributed by atoms with Gasteiger partial charge in [0.1, 0.15) is 0 Å². The molecule has 0 aromatic heterocycles. The Balaban J connectivity index is 2.05. The lowest BCUT2D eigenvalue weighted by molar-refractivity contribution is -0.195. The van der Waals surface area contributed by atoms with E-state index in [1.165, 1.54) is 0 Å². The fourth-order valence-electron chi connectivity index (χ4n) is 5.10. The highest BCUT2D eigenvalue weighted by Crippen LogP contribution is 2.39. The van der Waals surface area contributed by atoms with E-state index in [1.807, 2.05) is 11.8 Å². The second kappa shape index (κ2) is 11.6. The third-order valence-corrected chi connectivity index (χ3v) is 6.87. The summed E-state index contributed by atoms with van der Waals surface area (Å²) in [6, 6.07) is 0.156. The van der Waals surface area contributed by atoms with Gasteiger partial charge in [-0.3, -0.25) is 19.6 Å². The largest absolute Gasteiger partial charge is 0.383 e. The Morgan fingerprint density at radius 1 is 1.43 bits per heavy atom. The van der Waals surface area contributed by atoms with Crippen LogP contribution in [-0.2, 0) is 19.1 Å². The molecule has 3 amide bonds. The molecule has 2 heterocycles. The Morgan fingerprint density at radius 2 is 2.20 bits per heavy atom. The van der Waals surface area contributed by atoms with E-state index < -0.39 is 11.5 Å². The lowest BCUT2D eigenvalue weighted by Gasteiger charge is -2.42. The predicted molar refractivity (Wildman–Crippen MR) is 113 cm³/mol. The summed E-state index contributed by atoms with van der Waals surface area (Å²) in [5.74, 6) is -0.301. The number of ether oxygens (including phenoxy) is 1. The van der Waals surface area contributed by atoms with E-state index in [2.05, 4.69) is 12.2 Å². The zero-order chi connectivity index (χ0) is 22.1. The molecule has 2 unspecified atom stereocenters. The van der Waals surface area contributed by atoms with Crippen LogP contribution in [0.15, 0.2) is 0 Å². The summed E-state index contributed by atoms with van der Waals surface area (Å²) in [6.07, 6.45) is 6.88. The van der Waals surface area contributed by atoms with Gasteiger partial charge in [-0.15, -0.1) is 0 Å². The van der Waals surface area contributed by atoms with Gasteiger partial charge in [0.15, 0.2) is 0 Å². The quantitative estimate of drug-likeness (QED) is 0.268.